The Morgan fingerprint density at radius 2 is 1.55 bits per heavy atom. The van der Waals surface area contributed by atoms with Gasteiger partial charge in [-0.15, -0.1) is 0 Å². The van der Waals surface area contributed by atoms with Crippen molar-refractivity contribution in [2.45, 2.75) is 43.9 Å². The van der Waals surface area contributed by atoms with Gasteiger partial charge in [-0.25, -0.2) is 17.6 Å². The molecule has 8 nitrogen and oxygen atoms in total. The van der Waals surface area contributed by atoms with Crippen LogP contribution in [0.4, 0.5) is 17.6 Å². The maximum Gasteiger partial charge on any atom is 0.268 e. The van der Waals surface area contributed by atoms with Gasteiger partial charge in [-0.3, -0.25) is 19.3 Å². The number of alkyl halides is 2. The van der Waals surface area contributed by atoms with Gasteiger partial charge < -0.3 is 20.1 Å². The molecular formula is C30H31F4N5O3. The van der Waals surface area contributed by atoms with Crippen LogP contribution in [-0.2, 0) is 25.2 Å². The number of aromatic nitrogens is 1. The molecule has 1 aromatic heterocycles. The van der Waals surface area contributed by atoms with Crippen LogP contribution in [0, 0.1) is 11.6 Å². The van der Waals surface area contributed by atoms with Crippen LogP contribution in [0.5, 0.6) is 0 Å². The van der Waals surface area contributed by atoms with E-state index in [2.05, 4.69) is 10.6 Å². The van der Waals surface area contributed by atoms with Gasteiger partial charge in [0.25, 0.3) is 23.6 Å². The van der Waals surface area contributed by atoms with Gasteiger partial charge >= 0.3 is 0 Å². The topological polar surface area (TPSA) is 86.7 Å². The Morgan fingerprint density at radius 1 is 0.905 bits per heavy atom. The summed E-state index contributed by atoms with van der Waals surface area (Å²) in [5.74, 6) is -6.00. The summed E-state index contributed by atoms with van der Waals surface area (Å²) in [4.78, 5) is 39.9. The number of hydrogen-bond acceptors (Lipinski definition) is 4. The van der Waals surface area contributed by atoms with E-state index in [1.165, 1.54) is 26.0 Å². The highest BCUT2D eigenvalue weighted by Crippen LogP contribution is 2.57. The van der Waals surface area contributed by atoms with Crippen LogP contribution in [-0.4, -0.2) is 65.7 Å². The van der Waals surface area contributed by atoms with Crippen molar-refractivity contribution in [3.63, 3.8) is 0 Å². The van der Waals surface area contributed by atoms with Crippen LogP contribution >= 0.6 is 0 Å². The third kappa shape index (κ3) is 5.26. The number of nitrogens with one attached hydrogen (secondary N) is 2. The highest BCUT2D eigenvalue weighted by molar-refractivity contribution is 5.95. The van der Waals surface area contributed by atoms with Crippen molar-refractivity contribution < 1.29 is 31.9 Å². The number of nitrogens with zero attached hydrogens (tertiary/aromatic N) is 3. The first-order chi connectivity index (χ1) is 19.8. The molecule has 222 valence electrons. The Bertz CT molecular complexity index is 1520. The largest absolute Gasteiger partial charge is 0.355 e. The first-order valence-corrected chi connectivity index (χ1v) is 13.5. The molecule has 0 atom stereocenters. The summed E-state index contributed by atoms with van der Waals surface area (Å²) in [5, 5.41) is 5.37. The lowest BCUT2D eigenvalue weighted by molar-refractivity contribution is -0.193. The van der Waals surface area contributed by atoms with E-state index in [1.807, 2.05) is 0 Å². The molecule has 0 radical (unpaired) electrons. The minimum Gasteiger partial charge on any atom is -0.355 e. The van der Waals surface area contributed by atoms with E-state index >= 15 is 8.78 Å². The molecule has 2 aromatic carbocycles. The molecular weight excluding hydrogens is 554 g/mol. The van der Waals surface area contributed by atoms with Crippen LogP contribution in [0.1, 0.15) is 60.9 Å². The molecule has 3 aromatic rings. The third-order valence-electron chi connectivity index (χ3n) is 8.03. The molecule has 1 aliphatic carbocycles. The molecule has 5 rings (SSSR count). The number of rotatable bonds is 7. The Hall–Kier alpha value is -4.19. The lowest BCUT2D eigenvalue weighted by atomic mass is 9.68. The second kappa shape index (κ2) is 10.9. The third-order valence-corrected chi connectivity index (χ3v) is 8.03. The first-order valence-electron chi connectivity index (χ1n) is 13.5. The highest BCUT2D eigenvalue weighted by Gasteiger charge is 2.62. The molecule has 3 amide bonds. The molecule has 12 heteroatoms. The summed E-state index contributed by atoms with van der Waals surface area (Å²) in [7, 11) is 4.47. The van der Waals surface area contributed by atoms with Gasteiger partial charge in [0.2, 0.25) is 0 Å². The van der Waals surface area contributed by atoms with Crippen molar-refractivity contribution in [3.05, 3.63) is 93.8 Å². The van der Waals surface area contributed by atoms with E-state index in [9.17, 15) is 23.2 Å². The SMILES string of the molecule is CNC(=O)c1ccc(CNC(=O)c2ccc3n2CCN(Cc2c(F)cc(C(=O)N(C)C)cc2F)C32CC(F)(F)C2)cc1. The minimum absolute atomic E-state index is 0.144. The van der Waals surface area contributed by atoms with Gasteiger partial charge in [0, 0.05) is 82.5 Å². The zero-order valence-electron chi connectivity index (χ0n) is 23.4. The minimum atomic E-state index is -2.97. The smallest absolute Gasteiger partial charge is 0.268 e. The summed E-state index contributed by atoms with van der Waals surface area (Å²) in [6.07, 6.45) is -1.10. The summed E-state index contributed by atoms with van der Waals surface area (Å²) >= 11 is 0. The summed E-state index contributed by atoms with van der Waals surface area (Å²) in [6.45, 7) is 0.340. The molecule has 2 heterocycles. The van der Waals surface area contributed by atoms with Gasteiger partial charge in [0.1, 0.15) is 17.3 Å². The van der Waals surface area contributed by atoms with E-state index in [-0.39, 0.29) is 43.2 Å². The van der Waals surface area contributed by atoms with E-state index in [4.69, 9.17) is 0 Å². The predicted molar refractivity (Wildman–Crippen MR) is 146 cm³/mol. The fraction of sp³-hybridized carbons (Fsp3) is 0.367. The zero-order chi connectivity index (χ0) is 30.4. The fourth-order valence-corrected chi connectivity index (χ4v) is 5.87. The van der Waals surface area contributed by atoms with Crippen molar-refractivity contribution >= 4 is 17.7 Å². The van der Waals surface area contributed by atoms with Crippen molar-refractivity contribution in [3.8, 4) is 0 Å². The second-order valence-corrected chi connectivity index (χ2v) is 11.0. The molecule has 1 saturated carbocycles. The van der Waals surface area contributed by atoms with Gasteiger partial charge in [-0.05, 0) is 42.0 Å². The van der Waals surface area contributed by atoms with Crippen molar-refractivity contribution in [1.29, 1.82) is 0 Å². The normalized spacial score (nSPS) is 16.8. The molecule has 2 aliphatic rings. The first kappa shape index (κ1) is 29.3. The number of halogens is 4. The number of carbonyl (C=O) groups excluding carboxylic acids is 3. The Morgan fingerprint density at radius 3 is 2.12 bits per heavy atom. The molecule has 0 bridgehead atoms. The lowest BCUT2D eigenvalue weighted by Crippen LogP contribution is -2.63. The number of hydrogen-bond donors (Lipinski definition) is 2. The molecule has 42 heavy (non-hydrogen) atoms. The van der Waals surface area contributed by atoms with Crippen molar-refractivity contribution in [2.75, 3.05) is 27.7 Å². The van der Waals surface area contributed by atoms with Gasteiger partial charge in [-0.2, -0.15) is 0 Å². The van der Waals surface area contributed by atoms with Crippen LogP contribution in [0.25, 0.3) is 0 Å². The number of fused-ring (bicyclic) bond motifs is 2. The van der Waals surface area contributed by atoms with E-state index in [0.717, 1.165) is 17.7 Å². The molecule has 2 N–H and O–H groups in total. The summed E-state index contributed by atoms with van der Waals surface area (Å²) in [5.41, 5.74) is 0.371. The van der Waals surface area contributed by atoms with E-state index in [1.54, 1.807) is 45.9 Å². The lowest BCUT2D eigenvalue weighted by Gasteiger charge is -2.56. The van der Waals surface area contributed by atoms with Crippen LogP contribution in [0.15, 0.2) is 48.5 Å². The maximum atomic E-state index is 15.1. The monoisotopic (exact) mass is 585 g/mol. The van der Waals surface area contributed by atoms with E-state index in [0.29, 0.717) is 17.0 Å². The molecule has 0 saturated heterocycles. The molecule has 1 fully saturated rings. The number of benzene rings is 2. The Labute approximate surface area is 240 Å². The van der Waals surface area contributed by atoms with Crippen LogP contribution in [0.3, 0.4) is 0 Å². The van der Waals surface area contributed by atoms with Gasteiger partial charge in [0.15, 0.2) is 0 Å². The van der Waals surface area contributed by atoms with Crippen LogP contribution < -0.4 is 10.6 Å². The van der Waals surface area contributed by atoms with E-state index < -0.39 is 47.8 Å². The van der Waals surface area contributed by atoms with Crippen molar-refractivity contribution in [2.24, 2.45) is 0 Å². The highest BCUT2D eigenvalue weighted by atomic mass is 19.3. The number of amides is 3. The number of carbonyl (C=O) groups is 3. The summed E-state index contributed by atoms with van der Waals surface area (Å²) in [6, 6.07) is 11.9. The molecule has 1 aliphatic heterocycles. The average molecular weight is 586 g/mol. The quantitative estimate of drug-likeness (QED) is 0.412. The second-order valence-electron chi connectivity index (χ2n) is 11.0. The van der Waals surface area contributed by atoms with Gasteiger partial charge in [-0.1, -0.05) is 12.1 Å². The predicted octanol–water partition coefficient (Wildman–Crippen LogP) is 3.90. The molecule has 1 spiro atoms. The zero-order valence-corrected chi connectivity index (χ0v) is 23.4. The maximum absolute atomic E-state index is 15.1. The van der Waals surface area contributed by atoms with Crippen LogP contribution in [0.2, 0.25) is 0 Å². The Balaban J connectivity index is 1.36. The van der Waals surface area contributed by atoms with Crippen molar-refractivity contribution in [1.82, 2.24) is 25.0 Å². The Kier molecular flexibility index (Phi) is 7.61. The summed E-state index contributed by atoms with van der Waals surface area (Å²) < 4.78 is 60.6. The molecule has 0 unspecified atom stereocenters. The van der Waals surface area contributed by atoms with Gasteiger partial charge in [0.05, 0.1) is 5.54 Å². The average Bonchev–Trinajstić information content (AvgIpc) is 3.38. The standard InChI is InChI=1S/C30H31F4N5O3/c1-35-26(40)19-6-4-18(5-7-19)14-36-27(41)24-8-9-25-29(16-30(33,34)17-29)38(10-11-39(24)25)15-21-22(31)12-20(13-23(21)32)28(42)37(2)3/h4-9,12-13H,10-11,14-17H2,1-3H3,(H,35,40)(H,36,41). The fourth-order valence-electron chi connectivity index (χ4n) is 5.87.